The van der Waals surface area contributed by atoms with Gasteiger partial charge < -0.3 is 23.8 Å². The van der Waals surface area contributed by atoms with Gasteiger partial charge >= 0.3 is 5.97 Å². The Balaban J connectivity index is 0.998. The van der Waals surface area contributed by atoms with Crippen molar-refractivity contribution in [2.45, 2.75) is 83.7 Å². The molecule has 9 nitrogen and oxygen atoms in total. The standard InChI is InChI=1S/C43H53FN6O3/c1-3-4-5-6-7-8-9-10-11-12-13-14-15-16-17-22-41(51)53-34-52-40-27-30-45-42(47-40)48(2)37-28-31-49(32-29-37)43-46-38-20-18-19-21-39(38)50(43)33-35-23-25-36(44)26-24-35/h4-5,7-8,10-11,13-14,18-21,23-27,30,37H,3,6,9,12,15-17,22,28-29,31-34H2,1-2H3/b5-4-,8-7-,11-10-,14-13-. The summed E-state index contributed by atoms with van der Waals surface area (Å²) >= 11 is 0. The molecule has 0 unspecified atom stereocenters. The largest absolute Gasteiger partial charge is 0.440 e. The molecule has 1 aliphatic heterocycles. The van der Waals surface area contributed by atoms with Gasteiger partial charge in [0.15, 0.2) is 0 Å². The Kier molecular flexibility index (Phi) is 15.7. The van der Waals surface area contributed by atoms with E-state index < -0.39 is 0 Å². The molecule has 53 heavy (non-hydrogen) atoms. The first kappa shape index (κ1) is 39.0. The fourth-order valence-corrected chi connectivity index (χ4v) is 6.29. The topological polar surface area (TPSA) is 85.6 Å². The third kappa shape index (κ3) is 12.4. The summed E-state index contributed by atoms with van der Waals surface area (Å²) in [7, 11) is 2.00. The summed E-state index contributed by atoms with van der Waals surface area (Å²) in [6.45, 7) is 4.20. The predicted molar refractivity (Wildman–Crippen MR) is 212 cm³/mol. The van der Waals surface area contributed by atoms with E-state index >= 15 is 0 Å². The Labute approximate surface area is 313 Å². The van der Waals surface area contributed by atoms with Crippen LogP contribution in [-0.4, -0.2) is 58.5 Å². The maximum Gasteiger partial charge on any atom is 0.308 e. The first-order chi connectivity index (χ1) is 26.0. The summed E-state index contributed by atoms with van der Waals surface area (Å²) in [5, 5.41) is 0. The van der Waals surface area contributed by atoms with Crippen LogP contribution < -0.4 is 14.5 Å². The molecule has 0 spiro atoms. The van der Waals surface area contributed by atoms with Crippen LogP contribution >= 0.6 is 0 Å². The first-order valence-corrected chi connectivity index (χ1v) is 18.9. The molecule has 3 heterocycles. The molecule has 2 aromatic carbocycles. The molecule has 0 saturated carbocycles. The van der Waals surface area contributed by atoms with Crippen molar-refractivity contribution in [3.05, 3.63) is 121 Å². The van der Waals surface area contributed by atoms with Gasteiger partial charge in [0.1, 0.15) is 5.82 Å². The number of hydrogen-bond acceptors (Lipinski definition) is 8. The molecule has 280 valence electrons. The molecule has 0 atom stereocenters. The van der Waals surface area contributed by atoms with Crippen LogP contribution in [0.2, 0.25) is 0 Å². The average Bonchev–Trinajstić information content (AvgIpc) is 3.55. The Morgan fingerprint density at radius 2 is 1.58 bits per heavy atom. The number of halogens is 1. The van der Waals surface area contributed by atoms with Crippen molar-refractivity contribution < 1.29 is 18.7 Å². The van der Waals surface area contributed by atoms with Gasteiger partial charge in [0.05, 0.1) is 17.6 Å². The van der Waals surface area contributed by atoms with E-state index in [2.05, 4.69) is 85.9 Å². The molecule has 10 heteroatoms. The molecule has 1 aliphatic rings. The average molecular weight is 721 g/mol. The van der Waals surface area contributed by atoms with Crippen LogP contribution in [0.1, 0.15) is 76.7 Å². The van der Waals surface area contributed by atoms with E-state index in [-0.39, 0.29) is 24.6 Å². The van der Waals surface area contributed by atoms with Crippen molar-refractivity contribution >= 4 is 28.9 Å². The van der Waals surface area contributed by atoms with E-state index in [1.165, 1.54) is 12.1 Å². The molecular weight excluding hydrogens is 668 g/mol. The second-order valence-corrected chi connectivity index (χ2v) is 13.2. The van der Waals surface area contributed by atoms with Crippen LogP contribution in [0.15, 0.2) is 109 Å². The van der Waals surface area contributed by atoms with E-state index in [1.807, 2.05) is 37.4 Å². The molecule has 0 amide bonds. The number of anilines is 2. The first-order valence-electron chi connectivity index (χ1n) is 18.9. The molecule has 2 aromatic heterocycles. The van der Waals surface area contributed by atoms with Crippen molar-refractivity contribution in [2.75, 3.05) is 36.7 Å². The van der Waals surface area contributed by atoms with Gasteiger partial charge in [-0.05, 0) is 87.6 Å². The number of rotatable bonds is 20. The number of carbonyl (C=O) groups excluding carboxylic acids is 1. The monoisotopic (exact) mass is 720 g/mol. The van der Waals surface area contributed by atoms with Crippen molar-refractivity contribution in [1.29, 1.82) is 0 Å². The van der Waals surface area contributed by atoms with Gasteiger partial charge in [0, 0.05) is 44.9 Å². The maximum absolute atomic E-state index is 13.6. The molecule has 5 rings (SSSR count). The molecular formula is C43H53FN6O3. The molecule has 1 saturated heterocycles. The zero-order valence-corrected chi connectivity index (χ0v) is 31.2. The number of fused-ring (bicyclic) bond motifs is 1. The van der Waals surface area contributed by atoms with Gasteiger partial charge in [-0.15, -0.1) is 0 Å². The number of ether oxygens (including phenoxy) is 2. The quantitative estimate of drug-likeness (QED) is 0.0387. The number of nitrogens with zero attached hydrogens (tertiary/aromatic N) is 6. The van der Waals surface area contributed by atoms with E-state index in [0.717, 1.165) is 93.4 Å². The van der Waals surface area contributed by atoms with E-state index in [1.54, 1.807) is 12.3 Å². The van der Waals surface area contributed by atoms with Gasteiger partial charge in [0.25, 0.3) is 0 Å². The van der Waals surface area contributed by atoms with E-state index in [0.29, 0.717) is 24.8 Å². The Bertz CT molecular complexity index is 1830. The van der Waals surface area contributed by atoms with Crippen LogP contribution in [-0.2, 0) is 16.1 Å². The van der Waals surface area contributed by atoms with Crippen LogP contribution in [0, 0.1) is 5.82 Å². The van der Waals surface area contributed by atoms with Crippen molar-refractivity contribution in [3.63, 3.8) is 0 Å². The fraction of sp³-hybridized carbons (Fsp3) is 0.395. The van der Waals surface area contributed by atoms with Crippen molar-refractivity contribution in [3.8, 4) is 5.88 Å². The Morgan fingerprint density at radius 1 is 0.887 bits per heavy atom. The number of carbonyl (C=O) groups is 1. The fourth-order valence-electron chi connectivity index (χ4n) is 6.29. The summed E-state index contributed by atoms with van der Waals surface area (Å²) in [5.41, 5.74) is 3.02. The number of imidazole rings is 1. The lowest BCUT2D eigenvalue weighted by molar-refractivity contribution is -0.150. The zero-order valence-electron chi connectivity index (χ0n) is 31.2. The van der Waals surface area contributed by atoms with E-state index in [4.69, 9.17) is 14.5 Å². The summed E-state index contributed by atoms with van der Waals surface area (Å²) in [6.07, 6.45) is 27.9. The maximum atomic E-state index is 13.6. The number of esters is 1. The van der Waals surface area contributed by atoms with E-state index in [9.17, 15) is 9.18 Å². The van der Waals surface area contributed by atoms with Crippen LogP contribution in [0.25, 0.3) is 11.0 Å². The zero-order chi connectivity index (χ0) is 37.1. The van der Waals surface area contributed by atoms with Gasteiger partial charge in [-0.1, -0.05) is 79.8 Å². The van der Waals surface area contributed by atoms with Crippen molar-refractivity contribution in [1.82, 2.24) is 19.5 Å². The third-order valence-corrected chi connectivity index (χ3v) is 9.26. The number of allylic oxidation sites excluding steroid dienone is 8. The summed E-state index contributed by atoms with van der Waals surface area (Å²) in [5.74, 6) is 1.33. The summed E-state index contributed by atoms with van der Waals surface area (Å²) < 4.78 is 26.8. The van der Waals surface area contributed by atoms with Gasteiger partial charge in [-0.25, -0.2) is 14.4 Å². The summed E-state index contributed by atoms with van der Waals surface area (Å²) in [4.78, 5) is 30.7. The number of para-hydroxylation sites is 2. The molecule has 1 fully saturated rings. The van der Waals surface area contributed by atoms with Gasteiger partial charge in [-0.3, -0.25) is 4.79 Å². The van der Waals surface area contributed by atoms with Crippen molar-refractivity contribution in [2.24, 2.45) is 0 Å². The number of hydrogen-bond donors (Lipinski definition) is 0. The highest BCUT2D eigenvalue weighted by Crippen LogP contribution is 2.28. The van der Waals surface area contributed by atoms with Crippen LogP contribution in [0.4, 0.5) is 16.3 Å². The van der Waals surface area contributed by atoms with Crippen LogP contribution in [0.3, 0.4) is 0 Å². The van der Waals surface area contributed by atoms with Gasteiger partial charge in [-0.2, -0.15) is 4.98 Å². The lowest BCUT2D eigenvalue weighted by Crippen LogP contribution is -2.44. The number of unbranched alkanes of at least 4 members (excludes halogenated alkanes) is 2. The predicted octanol–water partition coefficient (Wildman–Crippen LogP) is 9.36. The highest BCUT2D eigenvalue weighted by Gasteiger charge is 2.27. The minimum Gasteiger partial charge on any atom is -0.440 e. The molecule has 0 radical (unpaired) electrons. The van der Waals surface area contributed by atoms with Gasteiger partial charge in [0.2, 0.25) is 24.6 Å². The minimum atomic E-state index is -0.278. The SMILES string of the molecule is CC/C=C\C/C=C\C/C=C\C/C=C\CCCCC(=O)OCOc1ccnc(N(C)C2CCN(c3nc4ccccc4n3Cc3ccc(F)cc3)CC2)n1. The minimum absolute atomic E-state index is 0.187. The highest BCUT2D eigenvalue weighted by atomic mass is 19.1. The molecule has 0 bridgehead atoms. The lowest BCUT2D eigenvalue weighted by Gasteiger charge is -2.37. The Morgan fingerprint density at radius 3 is 2.32 bits per heavy atom. The second-order valence-electron chi connectivity index (χ2n) is 13.2. The Hall–Kier alpha value is -5.25. The smallest absolute Gasteiger partial charge is 0.308 e. The molecule has 4 aromatic rings. The number of aromatic nitrogens is 4. The number of benzene rings is 2. The number of piperidine rings is 1. The highest BCUT2D eigenvalue weighted by molar-refractivity contribution is 5.79. The summed E-state index contributed by atoms with van der Waals surface area (Å²) in [6, 6.07) is 16.7. The lowest BCUT2D eigenvalue weighted by atomic mass is 10.0. The third-order valence-electron chi connectivity index (χ3n) is 9.26. The molecule has 0 N–H and O–H groups in total. The molecule has 0 aliphatic carbocycles. The second kappa shape index (κ2) is 21.3. The normalized spacial score (nSPS) is 14.1. The van der Waals surface area contributed by atoms with Crippen LogP contribution in [0.5, 0.6) is 5.88 Å².